The van der Waals surface area contributed by atoms with Gasteiger partial charge < -0.3 is 14.9 Å². The van der Waals surface area contributed by atoms with Crippen LogP contribution >= 0.6 is 23.2 Å². The molecule has 1 N–H and O–H groups in total. The molecule has 0 aliphatic carbocycles. The lowest BCUT2D eigenvalue weighted by molar-refractivity contribution is 0.155. The van der Waals surface area contributed by atoms with Crippen LogP contribution in [-0.2, 0) is 0 Å². The number of nitrogens with zero attached hydrogens (tertiary/aromatic N) is 5. The predicted octanol–water partition coefficient (Wildman–Crippen LogP) is 2.66. The maximum atomic E-state index is 14.1. The molecule has 23 heavy (non-hydrogen) atoms. The molecule has 0 radical (unpaired) electrons. The van der Waals surface area contributed by atoms with Gasteiger partial charge in [-0.3, -0.25) is 0 Å². The van der Waals surface area contributed by atoms with Gasteiger partial charge in [0.15, 0.2) is 11.0 Å². The summed E-state index contributed by atoms with van der Waals surface area (Å²) in [5.41, 5.74) is -0.0139. The Morgan fingerprint density at radius 1 is 1.48 bits per heavy atom. The highest BCUT2D eigenvalue weighted by Crippen LogP contribution is 2.30. The quantitative estimate of drug-likeness (QED) is 0.655. The smallest absolute Gasteiger partial charge is 0.407 e. The van der Waals surface area contributed by atoms with Gasteiger partial charge in [0, 0.05) is 32.4 Å². The van der Waals surface area contributed by atoms with Crippen molar-refractivity contribution in [1.82, 2.24) is 19.9 Å². The summed E-state index contributed by atoms with van der Waals surface area (Å²) in [6.45, 7) is 0.762. The molecule has 0 saturated carbocycles. The van der Waals surface area contributed by atoms with E-state index in [2.05, 4.69) is 15.0 Å². The summed E-state index contributed by atoms with van der Waals surface area (Å²) in [5, 5.41) is 9.01. The van der Waals surface area contributed by atoms with Crippen molar-refractivity contribution in [2.24, 2.45) is 0 Å². The maximum absolute atomic E-state index is 14.1. The zero-order valence-corrected chi connectivity index (χ0v) is 13.5. The van der Waals surface area contributed by atoms with Gasteiger partial charge >= 0.3 is 6.09 Å². The first kappa shape index (κ1) is 15.9. The Labute approximate surface area is 140 Å². The summed E-state index contributed by atoms with van der Waals surface area (Å²) < 4.78 is 14.1. The van der Waals surface area contributed by atoms with Crippen molar-refractivity contribution in [3.05, 3.63) is 22.5 Å². The molecular formula is C13H12Cl2FN5O2. The Morgan fingerprint density at radius 2 is 2.22 bits per heavy atom. The number of halogens is 3. The molecule has 0 spiro atoms. The maximum Gasteiger partial charge on any atom is 0.407 e. The minimum atomic E-state index is -0.967. The average molecular weight is 360 g/mol. The predicted molar refractivity (Wildman–Crippen MR) is 83.7 cm³/mol. The minimum Gasteiger partial charge on any atom is -0.465 e. The van der Waals surface area contributed by atoms with Crippen molar-refractivity contribution in [2.75, 3.05) is 25.0 Å². The Morgan fingerprint density at radius 3 is 2.87 bits per heavy atom. The zero-order valence-electron chi connectivity index (χ0n) is 12.0. The Balaban J connectivity index is 2.02. The summed E-state index contributed by atoms with van der Waals surface area (Å²) in [5.74, 6) is -0.373. The van der Waals surface area contributed by atoms with Crippen LogP contribution in [0.25, 0.3) is 10.9 Å². The van der Waals surface area contributed by atoms with Crippen LogP contribution in [0.1, 0.15) is 6.42 Å². The van der Waals surface area contributed by atoms with Crippen molar-refractivity contribution in [1.29, 1.82) is 0 Å². The molecule has 1 amide bonds. The van der Waals surface area contributed by atoms with Crippen LogP contribution in [0.4, 0.5) is 15.0 Å². The van der Waals surface area contributed by atoms with Crippen LogP contribution in [0.2, 0.25) is 10.4 Å². The van der Waals surface area contributed by atoms with E-state index in [9.17, 15) is 9.18 Å². The number of hydrogen-bond acceptors (Lipinski definition) is 5. The fourth-order valence-electron chi connectivity index (χ4n) is 2.67. The van der Waals surface area contributed by atoms with Crippen LogP contribution in [-0.4, -0.2) is 57.2 Å². The molecule has 10 heteroatoms. The molecule has 2 aromatic rings. The molecule has 1 aliphatic heterocycles. The zero-order chi connectivity index (χ0) is 16.7. The van der Waals surface area contributed by atoms with Crippen molar-refractivity contribution < 1.29 is 14.3 Å². The van der Waals surface area contributed by atoms with Gasteiger partial charge in [-0.1, -0.05) is 11.6 Å². The molecule has 0 unspecified atom stereocenters. The average Bonchev–Trinajstić information content (AvgIpc) is 3.00. The van der Waals surface area contributed by atoms with E-state index in [1.54, 1.807) is 11.9 Å². The van der Waals surface area contributed by atoms with Crippen LogP contribution in [0.3, 0.4) is 0 Å². The first-order chi connectivity index (χ1) is 10.9. The molecular weight excluding hydrogens is 348 g/mol. The molecule has 3 rings (SSSR count). The lowest BCUT2D eigenvalue weighted by atomic mass is 10.2. The molecule has 1 atom stereocenters. The van der Waals surface area contributed by atoms with Crippen LogP contribution in [0.15, 0.2) is 6.20 Å². The third-order valence-electron chi connectivity index (χ3n) is 3.91. The molecule has 0 aromatic carbocycles. The molecule has 1 aliphatic rings. The van der Waals surface area contributed by atoms with E-state index in [1.165, 1.54) is 11.1 Å². The first-order valence-corrected chi connectivity index (χ1v) is 7.52. The Bertz CT molecular complexity index is 791. The van der Waals surface area contributed by atoms with Gasteiger partial charge in [-0.2, -0.15) is 4.98 Å². The number of likely N-dealkylation sites (tertiary alicyclic amines) is 1. The van der Waals surface area contributed by atoms with Gasteiger partial charge in [0.05, 0.1) is 5.39 Å². The third-order valence-corrected chi connectivity index (χ3v) is 4.34. The molecule has 3 heterocycles. The van der Waals surface area contributed by atoms with Gasteiger partial charge in [-0.05, 0) is 18.0 Å². The highest BCUT2D eigenvalue weighted by atomic mass is 35.5. The second-order valence-electron chi connectivity index (χ2n) is 5.22. The van der Waals surface area contributed by atoms with Crippen molar-refractivity contribution in [3.8, 4) is 0 Å². The van der Waals surface area contributed by atoms with Crippen LogP contribution < -0.4 is 4.90 Å². The number of carbonyl (C=O) groups is 1. The first-order valence-electron chi connectivity index (χ1n) is 6.76. The van der Waals surface area contributed by atoms with E-state index >= 15 is 0 Å². The Kier molecular flexibility index (Phi) is 4.11. The molecule has 1 fully saturated rings. The van der Waals surface area contributed by atoms with E-state index in [0.29, 0.717) is 30.7 Å². The highest BCUT2D eigenvalue weighted by Gasteiger charge is 2.30. The number of carboxylic acid groups (broad SMARTS) is 1. The van der Waals surface area contributed by atoms with E-state index in [1.807, 2.05) is 0 Å². The summed E-state index contributed by atoms with van der Waals surface area (Å²) in [6.07, 6.45) is 1.05. The van der Waals surface area contributed by atoms with E-state index in [-0.39, 0.29) is 22.0 Å². The van der Waals surface area contributed by atoms with Crippen molar-refractivity contribution in [2.45, 2.75) is 12.5 Å². The fourth-order valence-corrected chi connectivity index (χ4v) is 2.97. The number of likely N-dealkylation sites (N-methyl/N-ethyl adjacent to an activating group) is 1. The second kappa shape index (κ2) is 5.93. The summed E-state index contributed by atoms with van der Waals surface area (Å²) >= 11 is 11.6. The van der Waals surface area contributed by atoms with Gasteiger partial charge in [0.25, 0.3) is 0 Å². The van der Waals surface area contributed by atoms with Crippen LogP contribution in [0.5, 0.6) is 0 Å². The second-order valence-corrected chi connectivity index (χ2v) is 5.92. The number of pyridine rings is 1. The fraction of sp³-hybridized carbons (Fsp3) is 0.385. The lowest BCUT2D eigenvalue weighted by Crippen LogP contribution is -2.36. The van der Waals surface area contributed by atoms with E-state index in [4.69, 9.17) is 28.3 Å². The Hall–Kier alpha value is -1.93. The van der Waals surface area contributed by atoms with E-state index in [0.717, 1.165) is 0 Å². The topological polar surface area (TPSA) is 82.5 Å². The van der Waals surface area contributed by atoms with E-state index < -0.39 is 11.9 Å². The van der Waals surface area contributed by atoms with Gasteiger partial charge in [0.2, 0.25) is 5.28 Å². The highest BCUT2D eigenvalue weighted by molar-refractivity contribution is 6.30. The van der Waals surface area contributed by atoms with Gasteiger partial charge in [-0.25, -0.2) is 19.2 Å². The molecule has 122 valence electrons. The number of amides is 1. The minimum absolute atomic E-state index is 0.0139. The monoisotopic (exact) mass is 359 g/mol. The molecule has 7 nitrogen and oxygen atoms in total. The van der Waals surface area contributed by atoms with Gasteiger partial charge in [0.1, 0.15) is 11.3 Å². The lowest BCUT2D eigenvalue weighted by Gasteiger charge is -2.26. The van der Waals surface area contributed by atoms with Gasteiger partial charge in [-0.15, -0.1) is 0 Å². The number of aromatic nitrogens is 3. The molecule has 1 saturated heterocycles. The summed E-state index contributed by atoms with van der Waals surface area (Å²) in [6, 6.07) is -0.0981. The standard InChI is InChI=1S/C13H12Cl2FN5O2/c1-20(6-2-3-21(5-6)13(22)23)11-7-4-17-10(14)8(16)9(7)18-12(15)19-11/h4,6H,2-3,5H2,1H3,(H,22,23)/t6-/m1/s1. The number of anilines is 1. The molecule has 0 bridgehead atoms. The number of hydrogen-bond donors (Lipinski definition) is 1. The SMILES string of the molecule is CN(c1nc(Cl)nc2c(F)c(Cl)ncc12)[C@@H]1CCN(C(=O)O)C1. The molecule has 2 aromatic heterocycles. The number of rotatable bonds is 2. The third kappa shape index (κ3) is 2.84. The van der Waals surface area contributed by atoms with Crippen molar-refractivity contribution in [3.63, 3.8) is 0 Å². The largest absolute Gasteiger partial charge is 0.465 e. The number of fused-ring (bicyclic) bond motifs is 1. The van der Waals surface area contributed by atoms with Crippen LogP contribution in [0, 0.1) is 5.82 Å². The summed E-state index contributed by atoms with van der Waals surface area (Å²) in [7, 11) is 1.75. The summed E-state index contributed by atoms with van der Waals surface area (Å²) in [4.78, 5) is 25.9. The normalized spacial score (nSPS) is 17.7. The van der Waals surface area contributed by atoms with Crippen molar-refractivity contribution >= 4 is 46.0 Å².